The molecule has 19 heavy (non-hydrogen) atoms. The summed E-state index contributed by atoms with van der Waals surface area (Å²) in [5, 5.41) is 9.64. The molecule has 110 valence electrons. The lowest BCUT2D eigenvalue weighted by molar-refractivity contribution is -0.181. The van der Waals surface area contributed by atoms with E-state index in [1.165, 1.54) is 19.1 Å². The third-order valence-electron chi connectivity index (χ3n) is 3.00. The summed E-state index contributed by atoms with van der Waals surface area (Å²) in [6, 6.07) is 3.62. The maximum absolute atomic E-state index is 14.0. The van der Waals surface area contributed by atoms with Crippen LogP contribution in [-0.4, -0.2) is 10.7 Å². The molecular weight excluding hydrogens is 255 g/mol. The summed E-state index contributed by atoms with van der Waals surface area (Å²) in [5.41, 5.74) is 2.16. The molecule has 0 saturated heterocycles. The molecule has 0 heterocycles. The van der Waals surface area contributed by atoms with Crippen LogP contribution >= 0.6 is 0 Å². The highest BCUT2D eigenvalue weighted by Crippen LogP contribution is 2.42. The Labute approximate surface area is 112 Å². The molecule has 0 amide bonds. The summed E-state index contributed by atoms with van der Waals surface area (Å²) >= 11 is 0. The predicted molar refractivity (Wildman–Crippen MR) is 70.4 cm³/mol. The first-order valence-corrected chi connectivity index (χ1v) is 6.36. The van der Waals surface area contributed by atoms with Gasteiger partial charge in [-0.1, -0.05) is 32.9 Å². The van der Waals surface area contributed by atoms with Crippen LogP contribution in [0.15, 0.2) is 18.2 Å². The lowest BCUT2D eigenvalue weighted by Crippen LogP contribution is -2.43. The third kappa shape index (κ3) is 3.48. The first kappa shape index (κ1) is 17.9. The van der Waals surface area contributed by atoms with Crippen LogP contribution in [0.25, 0.3) is 0 Å². The van der Waals surface area contributed by atoms with Gasteiger partial charge in [0.1, 0.15) is 11.4 Å². The Kier molecular flexibility index (Phi) is 6.52. The molecule has 0 aliphatic heterocycles. The summed E-state index contributed by atoms with van der Waals surface area (Å²) in [6.07, 6.45) is -0.188. The highest BCUT2D eigenvalue weighted by molar-refractivity contribution is 5.31. The number of aliphatic hydroxyl groups is 1. The molecule has 0 saturated carbocycles. The van der Waals surface area contributed by atoms with Crippen molar-refractivity contribution in [1.29, 1.82) is 0 Å². The SMILES string of the molecule is CC.CCC(C)(O)C(F)(F)c1cccc(CN)c1F. The Morgan fingerprint density at radius 1 is 1.26 bits per heavy atom. The average Bonchev–Trinajstić information content (AvgIpc) is 2.40. The van der Waals surface area contributed by atoms with Gasteiger partial charge < -0.3 is 10.8 Å². The van der Waals surface area contributed by atoms with Crippen molar-refractivity contribution in [3.05, 3.63) is 35.1 Å². The van der Waals surface area contributed by atoms with Crippen molar-refractivity contribution in [1.82, 2.24) is 0 Å². The standard InChI is InChI=1S/C12H16F3NO.C2H6/c1-3-11(2,17)12(14,15)9-6-4-5-8(7-16)10(9)13;1-2/h4-6,17H,3,7,16H2,1-2H3;1-2H3. The third-order valence-corrected chi connectivity index (χ3v) is 3.00. The Morgan fingerprint density at radius 2 is 1.79 bits per heavy atom. The zero-order valence-electron chi connectivity index (χ0n) is 11.8. The van der Waals surface area contributed by atoms with Crippen LogP contribution in [0.2, 0.25) is 0 Å². The molecule has 0 fully saturated rings. The van der Waals surface area contributed by atoms with Gasteiger partial charge in [0, 0.05) is 12.1 Å². The van der Waals surface area contributed by atoms with Gasteiger partial charge in [-0.15, -0.1) is 0 Å². The minimum Gasteiger partial charge on any atom is -0.384 e. The molecule has 1 atom stereocenters. The Morgan fingerprint density at radius 3 is 2.21 bits per heavy atom. The van der Waals surface area contributed by atoms with Crippen LogP contribution in [0.4, 0.5) is 13.2 Å². The van der Waals surface area contributed by atoms with Crippen molar-refractivity contribution in [3.8, 4) is 0 Å². The maximum atomic E-state index is 14.0. The largest absolute Gasteiger partial charge is 0.384 e. The van der Waals surface area contributed by atoms with Gasteiger partial charge in [0.2, 0.25) is 0 Å². The summed E-state index contributed by atoms with van der Waals surface area (Å²) in [7, 11) is 0. The van der Waals surface area contributed by atoms with E-state index in [4.69, 9.17) is 5.73 Å². The lowest BCUT2D eigenvalue weighted by atomic mass is 9.88. The van der Waals surface area contributed by atoms with E-state index in [0.29, 0.717) is 0 Å². The van der Waals surface area contributed by atoms with E-state index in [2.05, 4.69) is 0 Å². The van der Waals surface area contributed by atoms with Gasteiger partial charge in [-0.2, -0.15) is 8.78 Å². The first-order chi connectivity index (χ1) is 8.78. The highest BCUT2D eigenvalue weighted by atomic mass is 19.3. The Hall–Kier alpha value is -1.07. The summed E-state index contributed by atoms with van der Waals surface area (Å²) in [4.78, 5) is 0. The van der Waals surface area contributed by atoms with Crippen LogP contribution in [-0.2, 0) is 12.5 Å². The zero-order valence-corrected chi connectivity index (χ0v) is 11.8. The number of benzene rings is 1. The molecule has 0 aliphatic carbocycles. The molecule has 0 aromatic heterocycles. The molecule has 0 spiro atoms. The number of hydrogen-bond acceptors (Lipinski definition) is 2. The van der Waals surface area contributed by atoms with E-state index in [1.807, 2.05) is 13.8 Å². The molecule has 1 unspecified atom stereocenters. The van der Waals surface area contributed by atoms with Crippen molar-refractivity contribution < 1.29 is 18.3 Å². The molecule has 5 heteroatoms. The second-order valence-electron chi connectivity index (χ2n) is 4.18. The second kappa shape index (κ2) is 6.91. The van der Waals surface area contributed by atoms with Crippen molar-refractivity contribution in [2.75, 3.05) is 0 Å². The smallest absolute Gasteiger partial charge is 0.303 e. The van der Waals surface area contributed by atoms with Gasteiger partial charge >= 0.3 is 5.92 Å². The van der Waals surface area contributed by atoms with Crippen LogP contribution in [0.3, 0.4) is 0 Å². The highest BCUT2D eigenvalue weighted by Gasteiger charge is 2.50. The number of halogens is 3. The van der Waals surface area contributed by atoms with Gasteiger partial charge in [0.15, 0.2) is 0 Å². The zero-order chi connectivity index (χ0) is 15.3. The quantitative estimate of drug-likeness (QED) is 0.884. The van der Waals surface area contributed by atoms with E-state index in [-0.39, 0.29) is 18.5 Å². The average molecular weight is 277 g/mol. The summed E-state index contributed by atoms with van der Waals surface area (Å²) in [6.45, 7) is 6.24. The molecule has 1 aromatic rings. The fourth-order valence-corrected chi connectivity index (χ4v) is 1.49. The monoisotopic (exact) mass is 277 g/mol. The van der Waals surface area contributed by atoms with E-state index < -0.39 is 22.9 Å². The molecular formula is C14H22F3NO. The van der Waals surface area contributed by atoms with Gasteiger partial charge in [-0.25, -0.2) is 4.39 Å². The summed E-state index contributed by atoms with van der Waals surface area (Å²) < 4.78 is 41.7. The fourth-order valence-electron chi connectivity index (χ4n) is 1.49. The van der Waals surface area contributed by atoms with Crippen molar-refractivity contribution in [2.24, 2.45) is 5.73 Å². The molecule has 1 aromatic carbocycles. The number of alkyl halides is 2. The molecule has 0 radical (unpaired) electrons. The molecule has 0 bridgehead atoms. The Bertz CT molecular complexity index is 406. The molecule has 2 nitrogen and oxygen atoms in total. The predicted octanol–water partition coefficient (Wildman–Crippen LogP) is 3.56. The Balaban J connectivity index is 0.00000154. The van der Waals surface area contributed by atoms with E-state index in [1.54, 1.807) is 0 Å². The van der Waals surface area contributed by atoms with E-state index >= 15 is 0 Å². The minimum absolute atomic E-state index is 0.00841. The van der Waals surface area contributed by atoms with Gasteiger partial charge in [-0.05, 0) is 19.4 Å². The maximum Gasteiger partial charge on any atom is 0.303 e. The van der Waals surface area contributed by atoms with Crippen molar-refractivity contribution >= 4 is 0 Å². The lowest BCUT2D eigenvalue weighted by Gasteiger charge is -2.32. The summed E-state index contributed by atoms with van der Waals surface area (Å²) in [5.74, 6) is -4.70. The van der Waals surface area contributed by atoms with Gasteiger partial charge in [0.25, 0.3) is 0 Å². The van der Waals surface area contributed by atoms with Crippen molar-refractivity contribution in [3.63, 3.8) is 0 Å². The van der Waals surface area contributed by atoms with E-state index in [9.17, 15) is 18.3 Å². The van der Waals surface area contributed by atoms with E-state index in [0.717, 1.165) is 13.0 Å². The van der Waals surface area contributed by atoms with Crippen LogP contribution in [0.5, 0.6) is 0 Å². The fraction of sp³-hybridized carbons (Fsp3) is 0.571. The molecule has 1 rings (SSSR count). The number of rotatable bonds is 4. The molecule has 3 N–H and O–H groups in total. The molecule has 0 aliphatic rings. The topological polar surface area (TPSA) is 46.2 Å². The minimum atomic E-state index is -3.66. The van der Waals surface area contributed by atoms with Gasteiger partial charge in [0.05, 0.1) is 5.56 Å². The normalized spacial score (nSPS) is 14.4. The van der Waals surface area contributed by atoms with Gasteiger partial charge in [-0.3, -0.25) is 0 Å². The van der Waals surface area contributed by atoms with Crippen molar-refractivity contribution in [2.45, 2.75) is 52.2 Å². The van der Waals surface area contributed by atoms with Crippen LogP contribution < -0.4 is 5.73 Å². The first-order valence-electron chi connectivity index (χ1n) is 6.36. The number of nitrogens with two attached hydrogens (primary N) is 1. The van der Waals surface area contributed by atoms with Crippen LogP contribution in [0, 0.1) is 5.82 Å². The second-order valence-corrected chi connectivity index (χ2v) is 4.18. The number of hydrogen-bond donors (Lipinski definition) is 2. The van der Waals surface area contributed by atoms with Crippen LogP contribution in [0.1, 0.15) is 45.2 Å².